The van der Waals surface area contributed by atoms with Crippen molar-refractivity contribution in [1.82, 2.24) is 9.97 Å². The van der Waals surface area contributed by atoms with E-state index in [2.05, 4.69) is 25.8 Å². The summed E-state index contributed by atoms with van der Waals surface area (Å²) < 4.78 is 4.95. The summed E-state index contributed by atoms with van der Waals surface area (Å²) in [7, 11) is 1.15. The maximum absolute atomic E-state index is 13.8. The number of carbonyl (C=O) groups is 3. The first kappa shape index (κ1) is 27.7. The molecule has 0 radical (unpaired) electrons. The van der Waals surface area contributed by atoms with Crippen LogP contribution in [0.1, 0.15) is 22.9 Å². The van der Waals surface area contributed by atoms with Crippen LogP contribution in [0.2, 0.25) is 10.0 Å². The number of fused-ring (bicyclic) bond motifs is 1. The molecule has 1 heterocycles. The molecule has 0 spiro atoms. The molecule has 2 N–H and O–H groups in total. The molecule has 0 saturated carbocycles. The number of aromatic nitrogens is 2. The van der Waals surface area contributed by atoms with Gasteiger partial charge in [-0.2, -0.15) is 5.10 Å². The highest BCUT2D eigenvalue weighted by atomic mass is 35.5. The van der Waals surface area contributed by atoms with Crippen LogP contribution in [0.15, 0.2) is 71.8 Å². The van der Waals surface area contributed by atoms with Gasteiger partial charge in [0.1, 0.15) is 5.92 Å². The molecule has 1 atom stereocenters. The molecular weight excluding hydrogens is 541 g/mol. The Morgan fingerprint density at radius 2 is 1.62 bits per heavy atom. The molecule has 39 heavy (non-hydrogen) atoms. The Hall–Kier alpha value is -4.34. The van der Waals surface area contributed by atoms with Crippen molar-refractivity contribution in [1.29, 1.82) is 0 Å². The lowest BCUT2D eigenvalue weighted by molar-refractivity contribution is -0.136. The van der Waals surface area contributed by atoms with Gasteiger partial charge in [-0.3, -0.25) is 15.0 Å². The van der Waals surface area contributed by atoms with Crippen LogP contribution >= 0.6 is 23.2 Å². The van der Waals surface area contributed by atoms with Crippen molar-refractivity contribution in [2.45, 2.75) is 19.8 Å². The zero-order valence-electron chi connectivity index (χ0n) is 21.2. The van der Waals surface area contributed by atoms with Crippen LogP contribution in [0.3, 0.4) is 0 Å². The molecule has 3 aromatic carbocycles. The van der Waals surface area contributed by atoms with Crippen molar-refractivity contribution in [2.24, 2.45) is 5.10 Å². The van der Waals surface area contributed by atoms with E-state index in [-0.39, 0.29) is 5.69 Å². The van der Waals surface area contributed by atoms with E-state index in [9.17, 15) is 14.4 Å². The molecule has 9 nitrogen and oxygen atoms in total. The normalized spacial score (nSPS) is 12.1. The topological polar surface area (TPSA) is 123 Å². The molecule has 4 aromatic rings. The third-order valence-electron chi connectivity index (χ3n) is 5.85. The Bertz CT molecular complexity index is 1620. The molecule has 0 unspecified atom stereocenters. The van der Waals surface area contributed by atoms with E-state index in [1.165, 1.54) is 0 Å². The van der Waals surface area contributed by atoms with E-state index in [4.69, 9.17) is 27.9 Å². The number of Topliss-reactive ketones (excluding diaryl/α,β-unsaturated/α-hetero) is 1. The number of nitrogens with one attached hydrogen (secondary N) is 2. The highest BCUT2D eigenvalue weighted by Crippen LogP contribution is 2.27. The minimum atomic E-state index is -1.55. The molecule has 0 saturated heterocycles. The van der Waals surface area contributed by atoms with Gasteiger partial charge in [0.05, 0.1) is 35.2 Å². The number of hydrogen-bond donors (Lipinski definition) is 2. The Balaban J connectivity index is 1.84. The van der Waals surface area contributed by atoms with E-state index < -0.39 is 29.3 Å². The summed E-state index contributed by atoms with van der Waals surface area (Å²) in [5.41, 5.74) is 5.14. The molecule has 198 valence electrons. The minimum absolute atomic E-state index is 0.0775. The predicted octanol–water partition coefficient (Wildman–Crippen LogP) is 5.49. The number of halogens is 2. The number of nitrogens with zero attached hydrogens (tertiary/aromatic N) is 3. The Morgan fingerprint density at radius 1 is 0.923 bits per heavy atom. The standard InChI is InChI=1S/C28H23Cl2N5O4/c1-15-19(30)10-7-13-20(15)33-27(37)26(36)23(24-16(2)31-21-11-4-5-12-22(21)32-24)25(28(38)39-3)35-34-18-9-6-8-17(29)14-18/h4-14,23,34H,1-3H3,(H,33,37)/b35-25-/t23-/m1/s1. The maximum Gasteiger partial charge on any atom is 0.355 e. The number of ether oxygens (including phenoxy) is 1. The van der Waals surface area contributed by atoms with Crippen LogP contribution in [0.4, 0.5) is 11.4 Å². The first-order valence-corrected chi connectivity index (χ1v) is 12.5. The van der Waals surface area contributed by atoms with Gasteiger partial charge in [-0.05, 0) is 61.9 Å². The van der Waals surface area contributed by atoms with Crippen molar-refractivity contribution in [3.8, 4) is 0 Å². The number of esters is 1. The Labute approximate surface area is 234 Å². The number of ketones is 1. The second kappa shape index (κ2) is 12.0. The molecule has 0 aliphatic rings. The highest BCUT2D eigenvalue weighted by Gasteiger charge is 2.39. The third kappa shape index (κ3) is 6.22. The number of aryl methyl sites for hydroxylation is 1. The van der Waals surface area contributed by atoms with E-state index in [0.717, 1.165) is 7.11 Å². The van der Waals surface area contributed by atoms with E-state index in [0.29, 0.717) is 43.7 Å². The minimum Gasteiger partial charge on any atom is -0.464 e. The zero-order valence-corrected chi connectivity index (χ0v) is 22.7. The Kier molecular flexibility index (Phi) is 8.53. The number of methoxy groups -OCH3 is 1. The summed E-state index contributed by atoms with van der Waals surface area (Å²) in [5, 5.41) is 7.61. The van der Waals surface area contributed by atoms with Crippen molar-refractivity contribution < 1.29 is 19.1 Å². The molecule has 1 aromatic heterocycles. The van der Waals surface area contributed by atoms with Gasteiger partial charge in [0.15, 0.2) is 5.71 Å². The summed E-state index contributed by atoms with van der Waals surface area (Å²) in [6, 6.07) is 18.5. The number of hydrogen-bond acceptors (Lipinski definition) is 8. The summed E-state index contributed by atoms with van der Waals surface area (Å²) in [6.07, 6.45) is 0. The molecule has 4 rings (SSSR count). The lowest BCUT2D eigenvalue weighted by atomic mass is 9.91. The molecule has 0 aliphatic heterocycles. The average molecular weight is 564 g/mol. The molecule has 1 amide bonds. The van der Waals surface area contributed by atoms with Crippen molar-refractivity contribution in [3.63, 3.8) is 0 Å². The van der Waals surface area contributed by atoms with E-state index in [1.54, 1.807) is 80.6 Å². The zero-order chi connectivity index (χ0) is 28.1. The first-order valence-electron chi connectivity index (χ1n) is 11.7. The van der Waals surface area contributed by atoms with E-state index >= 15 is 0 Å². The lowest BCUT2D eigenvalue weighted by Crippen LogP contribution is -2.38. The maximum atomic E-state index is 13.8. The number of carbonyl (C=O) groups excluding carboxylic acids is 3. The number of amides is 1. The lowest BCUT2D eigenvalue weighted by Gasteiger charge is -2.19. The third-order valence-corrected chi connectivity index (χ3v) is 6.50. The van der Waals surface area contributed by atoms with Crippen LogP contribution in [0.25, 0.3) is 11.0 Å². The average Bonchev–Trinajstić information content (AvgIpc) is 2.92. The van der Waals surface area contributed by atoms with Gasteiger partial charge in [-0.1, -0.05) is 47.5 Å². The number of hydrazone groups is 1. The van der Waals surface area contributed by atoms with Gasteiger partial charge in [0.25, 0.3) is 5.91 Å². The number of para-hydroxylation sites is 2. The first-order chi connectivity index (χ1) is 18.7. The summed E-state index contributed by atoms with van der Waals surface area (Å²) >= 11 is 12.2. The SMILES string of the molecule is COC(=O)/C(=N\Nc1cccc(Cl)c1)[C@H](C(=O)C(=O)Nc1cccc(Cl)c1C)c1nc2ccccc2nc1C. The fraction of sp³-hybridized carbons (Fsp3) is 0.143. The number of benzene rings is 3. The van der Waals surface area contributed by atoms with Gasteiger partial charge in [0.2, 0.25) is 5.78 Å². The van der Waals surface area contributed by atoms with Gasteiger partial charge in [0, 0.05) is 15.7 Å². The summed E-state index contributed by atoms with van der Waals surface area (Å²) in [6.45, 7) is 3.34. The van der Waals surface area contributed by atoms with Gasteiger partial charge in [-0.15, -0.1) is 0 Å². The summed E-state index contributed by atoms with van der Waals surface area (Å²) in [5.74, 6) is -4.50. The number of rotatable bonds is 8. The highest BCUT2D eigenvalue weighted by molar-refractivity contribution is 6.53. The second-order valence-electron chi connectivity index (χ2n) is 8.46. The molecular formula is C28H23Cl2N5O4. The monoisotopic (exact) mass is 563 g/mol. The van der Waals surface area contributed by atoms with Gasteiger partial charge < -0.3 is 10.1 Å². The summed E-state index contributed by atoms with van der Waals surface area (Å²) in [4.78, 5) is 49.3. The van der Waals surface area contributed by atoms with Crippen LogP contribution in [0, 0.1) is 13.8 Å². The van der Waals surface area contributed by atoms with Crippen molar-refractivity contribution in [2.75, 3.05) is 17.9 Å². The van der Waals surface area contributed by atoms with Crippen LogP contribution in [-0.4, -0.2) is 40.4 Å². The second-order valence-corrected chi connectivity index (χ2v) is 9.30. The van der Waals surface area contributed by atoms with E-state index in [1.807, 2.05) is 0 Å². The Morgan fingerprint density at radius 3 is 2.31 bits per heavy atom. The number of anilines is 2. The van der Waals surface area contributed by atoms with Gasteiger partial charge in [-0.25, -0.2) is 14.8 Å². The van der Waals surface area contributed by atoms with Crippen LogP contribution in [0.5, 0.6) is 0 Å². The van der Waals surface area contributed by atoms with Crippen LogP contribution < -0.4 is 10.7 Å². The molecule has 0 aliphatic carbocycles. The molecule has 11 heteroatoms. The molecule has 0 bridgehead atoms. The fourth-order valence-corrected chi connectivity index (χ4v) is 4.19. The van der Waals surface area contributed by atoms with Gasteiger partial charge >= 0.3 is 5.97 Å². The quantitative estimate of drug-likeness (QED) is 0.126. The van der Waals surface area contributed by atoms with Crippen molar-refractivity contribution >= 4 is 69.0 Å². The smallest absolute Gasteiger partial charge is 0.355 e. The van der Waals surface area contributed by atoms with Crippen molar-refractivity contribution in [3.05, 3.63) is 93.7 Å². The van der Waals surface area contributed by atoms with Crippen LogP contribution in [-0.2, 0) is 19.1 Å². The fourth-order valence-electron chi connectivity index (χ4n) is 3.83. The molecule has 0 fully saturated rings. The predicted molar refractivity (Wildman–Crippen MR) is 151 cm³/mol. The largest absolute Gasteiger partial charge is 0.464 e.